The van der Waals surface area contributed by atoms with Gasteiger partial charge in [0.05, 0.1) is 24.4 Å². The van der Waals surface area contributed by atoms with Gasteiger partial charge in [-0.25, -0.2) is 0 Å². The first-order chi connectivity index (χ1) is 9.73. The van der Waals surface area contributed by atoms with Crippen LogP contribution in [-0.4, -0.2) is 36.0 Å². The Morgan fingerprint density at radius 3 is 2.38 bits per heavy atom. The van der Waals surface area contributed by atoms with Gasteiger partial charge in [-0.3, -0.25) is 0 Å². The molecule has 0 aromatic heterocycles. The van der Waals surface area contributed by atoms with Crippen molar-refractivity contribution < 1.29 is 14.6 Å². The molecule has 2 unspecified atom stereocenters. The first-order valence-electron chi connectivity index (χ1n) is 7.49. The van der Waals surface area contributed by atoms with Crippen molar-refractivity contribution in [3.63, 3.8) is 0 Å². The summed E-state index contributed by atoms with van der Waals surface area (Å²) in [6.07, 6.45) is 0.408. The first-order valence-corrected chi connectivity index (χ1v) is 7.49. The number of ether oxygens (including phenoxy) is 2. The van der Waals surface area contributed by atoms with E-state index >= 15 is 0 Å². The first kappa shape index (κ1) is 16.3. The summed E-state index contributed by atoms with van der Waals surface area (Å²) in [4.78, 5) is 0. The van der Waals surface area contributed by atoms with E-state index in [2.05, 4.69) is 33.0 Å². The highest BCUT2D eigenvalue weighted by Crippen LogP contribution is 2.37. The van der Waals surface area contributed by atoms with Gasteiger partial charge in [-0.2, -0.15) is 0 Å². The molecular weight excluding hydrogens is 266 g/mol. The summed E-state index contributed by atoms with van der Waals surface area (Å²) >= 11 is 0. The second-order valence-corrected chi connectivity index (χ2v) is 6.92. The van der Waals surface area contributed by atoms with Crippen molar-refractivity contribution in [2.24, 2.45) is 0 Å². The lowest BCUT2D eigenvalue weighted by Crippen LogP contribution is -2.44. The van der Waals surface area contributed by atoms with Crippen LogP contribution in [0.4, 0.5) is 0 Å². The normalized spacial score (nSPS) is 24.8. The van der Waals surface area contributed by atoms with Crippen LogP contribution in [0.5, 0.6) is 5.75 Å². The molecule has 0 spiro atoms. The molecular formula is C17H27NO3. The molecule has 2 rings (SSSR count). The molecule has 1 aliphatic rings. The summed E-state index contributed by atoms with van der Waals surface area (Å²) in [7, 11) is 1.64. The molecule has 118 valence electrons. The molecule has 4 heteroatoms. The van der Waals surface area contributed by atoms with E-state index in [9.17, 15) is 5.11 Å². The van der Waals surface area contributed by atoms with E-state index in [1.165, 1.54) is 0 Å². The molecule has 2 N–H and O–H groups in total. The zero-order chi connectivity index (χ0) is 15.7. The van der Waals surface area contributed by atoms with Crippen molar-refractivity contribution in [1.82, 2.24) is 5.32 Å². The van der Waals surface area contributed by atoms with Crippen LogP contribution in [0.25, 0.3) is 0 Å². The van der Waals surface area contributed by atoms with Gasteiger partial charge in [-0.05, 0) is 51.8 Å². The number of hydrogen-bond acceptors (Lipinski definition) is 4. The highest BCUT2D eigenvalue weighted by molar-refractivity contribution is 5.28. The minimum atomic E-state index is -0.532. The van der Waals surface area contributed by atoms with Gasteiger partial charge in [0.1, 0.15) is 5.75 Å². The highest BCUT2D eigenvalue weighted by atomic mass is 16.5. The van der Waals surface area contributed by atoms with Crippen LogP contribution in [0, 0.1) is 0 Å². The molecule has 21 heavy (non-hydrogen) atoms. The summed E-state index contributed by atoms with van der Waals surface area (Å²) < 4.78 is 11.2. The SMILES string of the molecule is COc1ccc(C(O)CNC2CC(C)(C)OC2(C)C)cc1. The average Bonchev–Trinajstić information content (AvgIpc) is 2.63. The molecule has 1 fully saturated rings. The lowest BCUT2D eigenvalue weighted by Gasteiger charge is -2.28. The second-order valence-electron chi connectivity index (χ2n) is 6.92. The average molecular weight is 293 g/mol. The van der Waals surface area contributed by atoms with E-state index in [1.807, 2.05) is 24.3 Å². The molecule has 1 aromatic rings. The Kier molecular flexibility index (Phi) is 4.61. The number of methoxy groups -OCH3 is 1. The van der Waals surface area contributed by atoms with Gasteiger partial charge in [-0.1, -0.05) is 12.1 Å². The third-order valence-corrected chi connectivity index (χ3v) is 4.13. The highest BCUT2D eigenvalue weighted by Gasteiger charge is 2.45. The fourth-order valence-corrected chi connectivity index (χ4v) is 3.08. The number of nitrogens with one attached hydrogen (secondary N) is 1. The summed E-state index contributed by atoms with van der Waals surface area (Å²) in [5.41, 5.74) is 0.550. The third kappa shape index (κ3) is 3.96. The molecule has 0 aliphatic carbocycles. The van der Waals surface area contributed by atoms with Crippen molar-refractivity contribution in [3.05, 3.63) is 29.8 Å². The van der Waals surface area contributed by atoms with E-state index in [4.69, 9.17) is 9.47 Å². The minimum Gasteiger partial charge on any atom is -0.497 e. The van der Waals surface area contributed by atoms with Gasteiger partial charge in [-0.15, -0.1) is 0 Å². The molecule has 4 nitrogen and oxygen atoms in total. The van der Waals surface area contributed by atoms with Crippen LogP contribution in [0.2, 0.25) is 0 Å². The van der Waals surface area contributed by atoms with Gasteiger partial charge in [0.2, 0.25) is 0 Å². The van der Waals surface area contributed by atoms with Crippen LogP contribution in [0.1, 0.15) is 45.8 Å². The molecule has 0 radical (unpaired) electrons. The monoisotopic (exact) mass is 293 g/mol. The van der Waals surface area contributed by atoms with E-state index in [0.29, 0.717) is 6.54 Å². The van der Waals surface area contributed by atoms with E-state index < -0.39 is 6.10 Å². The summed E-state index contributed by atoms with van der Waals surface area (Å²) in [6, 6.07) is 7.76. The fraction of sp³-hybridized carbons (Fsp3) is 0.647. The topological polar surface area (TPSA) is 50.7 Å². The smallest absolute Gasteiger partial charge is 0.118 e. The maximum absolute atomic E-state index is 10.3. The lowest BCUT2D eigenvalue weighted by atomic mass is 9.94. The molecule has 2 atom stereocenters. The summed E-state index contributed by atoms with van der Waals surface area (Å²) in [5, 5.41) is 13.7. The number of aliphatic hydroxyl groups is 1. The molecule has 0 saturated carbocycles. The van der Waals surface area contributed by atoms with Gasteiger partial charge in [0, 0.05) is 12.6 Å². The van der Waals surface area contributed by atoms with Gasteiger partial charge in [0.25, 0.3) is 0 Å². The van der Waals surface area contributed by atoms with Crippen LogP contribution in [0.15, 0.2) is 24.3 Å². The minimum absolute atomic E-state index is 0.119. The maximum atomic E-state index is 10.3. The predicted molar refractivity (Wildman–Crippen MR) is 83.6 cm³/mol. The van der Waals surface area contributed by atoms with E-state index in [1.54, 1.807) is 7.11 Å². The maximum Gasteiger partial charge on any atom is 0.118 e. The Morgan fingerprint density at radius 1 is 1.29 bits per heavy atom. The Bertz CT molecular complexity index is 467. The zero-order valence-electron chi connectivity index (χ0n) is 13.6. The van der Waals surface area contributed by atoms with Crippen molar-refractivity contribution in [2.75, 3.05) is 13.7 Å². The fourth-order valence-electron chi connectivity index (χ4n) is 3.08. The van der Waals surface area contributed by atoms with Crippen LogP contribution in [0.3, 0.4) is 0 Å². The van der Waals surface area contributed by atoms with E-state index in [-0.39, 0.29) is 17.2 Å². The molecule has 1 heterocycles. The molecule has 0 bridgehead atoms. The van der Waals surface area contributed by atoms with Crippen molar-refractivity contribution in [2.45, 2.75) is 57.5 Å². The predicted octanol–water partition coefficient (Wildman–Crippen LogP) is 2.66. The quantitative estimate of drug-likeness (QED) is 0.876. The van der Waals surface area contributed by atoms with Gasteiger partial charge >= 0.3 is 0 Å². The number of hydrogen-bond donors (Lipinski definition) is 2. The number of benzene rings is 1. The van der Waals surface area contributed by atoms with Crippen LogP contribution in [-0.2, 0) is 4.74 Å². The van der Waals surface area contributed by atoms with Crippen molar-refractivity contribution >= 4 is 0 Å². The second kappa shape index (κ2) is 5.95. The summed E-state index contributed by atoms with van der Waals surface area (Å²) in [6.45, 7) is 8.92. The number of aliphatic hydroxyl groups excluding tert-OH is 1. The Hall–Kier alpha value is -1.10. The molecule has 1 saturated heterocycles. The Labute approximate surface area is 127 Å². The number of rotatable bonds is 5. The summed E-state index contributed by atoms with van der Waals surface area (Å²) in [5.74, 6) is 0.797. The third-order valence-electron chi connectivity index (χ3n) is 4.13. The van der Waals surface area contributed by atoms with Gasteiger partial charge in [0.15, 0.2) is 0 Å². The lowest BCUT2D eigenvalue weighted by molar-refractivity contribution is -0.0702. The van der Waals surface area contributed by atoms with Gasteiger partial charge < -0.3 is 19.9 Å². The van der Waals surface area contributed by atoms with Crippen LogP contribution >= 0.6 is 0 Å². The van der Waals surface area contributed by atoms with Crippen molar-refractivity contribution in [1.29, 1.82) is 0 Å². The molecule has 1 aliphatic heterocycles. The Balaban J connectivity index is 1.93. The Morgan fingerprint density at radius 2 is 1.90 bits per heavy atom. The van der Waals surface area contributed by atoms with Crippen LogP contribution < -0.4 is 10.1 Å². The van der Waals surface area contributed by atoms with E-state index in [0.717, 1.165) is 17.7 Å². The van der Waals surface area contributed by atoms with Crippen molar-refractivity contribution in [3.8, 4) is 5.75 Å². The zero-order valence-corrected chi connectivity index (χ0v) is 13.6. The standard InChI is InChI=1S/C17H27NO3/c1-16(2)10-15(17(3,4)21-16)18-11-14(19)12-6-8-13(20-5)9-7-12/h6-9,14-15,18-19H,10-11H2,1-5H3. The molecule has 1 aromatic carbocycles. The molecule has 0 amide bonds. The largest absolute Gasteiger partial charge is 0.497 e.